The lowest BCUT2D eigenvalue weighted by Gasteiger charge is -2.21. The molecule has 1 unspecified atom stereocenters. The minimum atomic E-state index is -0.731. The smallest absolute Gasteiger partial charge is 0.294 e. The first-order valence-electron chi connectivity index (χ1n) is 5.78. The Kier molecular flexibility index (Phi) is 5.16. The number of imide groups is 1. The van der Waals surface area contributed by atoms with Gasteiger partial charge in [-0.05, 0) is 38.5 Å². The average molecular weight is 269 g/mol. The summed E-state index contributed by atoms with van der Waals surface area (Å²) in [5.41, 5.74) is 1.81. The van der Waals surface area contributed by atoms with Gasteiger partial charge in [-0.1, -0.05) is 12.1 Å². The lowest BCUT2D eigenvalue weighted by molar-refractivity contribution is -0.119. The first-order chi connectivity index (χ1) is 8.45. The topological polar surface area (TPSA) is 49.4 Å². The molecule has 0 saturated heterocycles. The van der Waals surface area contributed by atoms with Crippen molar-refractivity contribution in [3.8, 4) is 0 Å². The molecule has 0 heterocycles. The molecule has 1 N–H and O–H groups in total. The number of urea groups is 1. The second-order valence-electron chi connectivity index (χ2n) is 3.99. The predicted molar refractivity (Wildman–Crippen MR) is 73.1 cm³/mol. The molecule has 0 aliphatic rings. The molecule has 3 amide bonds. The normalized spacial score (nSPS) is 11.8. The molecule has 0 aliphatic heterocycles. The van der Waals surface area contributed by atoms with E-state index in [1.165, 1.54) is 11.8 Å². The lowest BCUT2D eigenvalue weighted by atomic mass is 10.2. The highest BCUT2D eigenvalue weighted by atomic mass is 35.5. The van der Waals surface area contributed by atoms with Crippen LogP contribution in [0.3, 0.4) is 0 Å². The summed E-state index contributed by atoms with van der Waals surface area (Å²) in [4.78, 5) is 24.8. The van der Waals surface area contributed by atoms with Crippen molar-refractivity contribution in [3.63, 3.8) is 0 Å². The van der Waals surface area contributed by atoms with Gasteiger partial charge in [0.25, 0.3) is 0 Å². The van der Waals surface area contributed by atoms with E-state index in [0.29, 0.717) is 6.54 Å². The van der Waals surface area contributed by atoms with Gasteiger partial charge in [0, 0.05) is 12.2 Å². The van der Waals surface area contributed by atoms with Gasteiger partial charge in [-0.2, -0.15) is 0 Å². The Balaban J connectivity index is 2.84. The molecule has 18 heavy (non-hydrogen) atoms. The highest BCUT2D eigenvalue weighted by Crippen LogP contribution is 2.15. The number of nitrogens with one attached hydrogen (secondary N) is 1. The summed E-state index contributed by atoms with van der Waals surface area (Å²) in [7, 11) is 0. The van der Waals surface area contributed by atoms with E-state index in [-0.39, 0.29) is 0 Å². The number of anilines is 1. The number of nitrogens with zero attached hydrogens (tertiary/aromatic N) is 1. The number of hydrogen-bond acceptors (Lipinski definition) is 2. The largest absolute Gasteiger partial charge is 0.328 e. The second-order valence-corrected chi connectivity index (χ2v) is 4.65. The minimum Gasteiger partial charge on any atom is -0.294 e. The molecular formula is C13H17ClN2O2. The fourth-order valence-electron chi connectivity index (χ4n) is 1.51. The molecule has 0 saturated carbocycles. The summed E-state index contributed by atoms with van der Waals surface area (Å²) in [6.45, 7) is 5.78. The Morgan fingerprint density at radius 1 is 1.44 bits per heavy atom. The predicted octanol–water partition coefficient (Wildman–Crippen LogP) is 2.68. The Morgan fingerprint density at radius 2 is 2.11 bits per heavy atom. The van der Waals surface area contributed by atoms with Crippen LogP contribution in [0.25, 0.3) is 0 Å². The zero-order valence-electron chi connectivity index (χ0n) is 10.7. The molecule has 0 spiro atoms. The molecule has 0 radical (unpaired) electrons. The molecule has 0 aromatic heterocycles. The van der Waals surface area contributed by atoms with Gasteiger partial charge in [0.05, 0.1) is 0 Å². The monoisotopic (exact) mass is 268 g/mol. The minimum absolute atomic E-state index is 0.458. The summed E-state index contributed by atoms with van der Waals surface area (Å²) < 4.78 is 0. The lowest BCUT2D eigenvalue weighted by Crippen LogP contribution is -2.45. The van der Waals surface area contributed by atoms with Crippen molar-refractivity contribution in [1.82, 2.24) is 5.32 Å². The van der Waals surface area contributed by atoms with Crippen LogP contribution in [0.15, 0.2) is 24.3 Å². The molecule has 5 heteroatoms. The summed E-state index contributed by atoms with van der Waals surface area (Å²) in [6.07, 6.45) is 0. The Labute approximate surface area is 112 Å². The van der Waals surface area contributed by atoms with Crippen LogP contribution in [-0.2, 0) is 4.79 Å². The van der Waals surface area contributed by atoms with Crippen LogP contribution in [0, 0.1) is 6.92 Å². The summed E-state index contributed by atoms with van der Waals surface area (Å²) in [5, 5.41) is 1.53. The molecule has 1 aromatic carbocycles. The number of carbonyl (C=O) groups excluding carboxylic acids is 2. The van der Waals surface area contributed by atoms with Crippen LogP contribution in [0.1, 0.15) is 19.4 Å². The maximum Gasteiger partial charge on any atom is 0.328 e. The molecule has 1 aromatic rings. The molecule has 4 nitrogen and oxygen atoms in total. The van der Waals surface area contributed by atoms with Crippen molar-refractivity contribution in [2.24, 2.45) is 0 Å². The third-order valence-corrected chi connectivity index (χ3v) is 2.66. The van der Waals surface area contributed by atoms with Gasteiger partial charge < -0.3 is 0 Å². The van der Waals surface area contributed by atoms with E-state index in [0.717, 1.165) is 11.3 Å². The first-order valence-corrected chi connectivity index (χ1v) is 6.22. The average Bonchev–Trinajstić information content (AvgIpc) is 2.29. The van der Waals surface area contributed by atoms with Crippen LogP contribution in [0.5, 0.6) is 0 Å². The number of amides is 3. The summed E-state index contributed by atoms with van der Waals surface area (Å²) >= 11 is 5.61. The Morgan fingerprint density at radius 3 is 2.61 bits per heavy atom. The van der Waals surface area contributed by atoms with Crippen LogP contribution >= 0.6 is 11.6 Å². The standard InChI is InChI=1S/C13H17ClN2O2/c1-4-16(11-7-5-6-9(2)8-11)13(18)15-12(17)10(3)14/h5-8,10H,4H2,1-3H3,(H,15,17,18). The van der Waals surface area contributed by atoms with Crippen LogP contribution in [-0.4, -0.2) is 23.9 Å². The third kappa shape index (κ3) is 3.74. The number of rotatable bonds is 3. The van der Waals surface area contributed by atoms with Crippen LogP contribution in [0.4, 0.5) is 10.5 Å². The molecule has 1 atom stereocenters. The van der Waals surface area contributed by atoms with E-state index < -0.39 is 17.3 Å². The number of halogens is 1. The van der Waals surface area contributed by atoms with Crippen molar-refractivity contribution in [2.45, 2.75) is 26.1 Å². The van der Waals surface area contributed by atoms with E-state index in [2.05, 4.69) is 5.32 Å². The van der Waals surface area contributed by atoms with E-state index in [1.54, 1.807) is 0 Å². The number of carbonyl (C=O) groups is 2. The highest BCUT2D eigenvalue weighted by molar-refractivity contribution is 6.31. The molecular weight excluding hydrogens is 252 g/mol. The highest BCUT2D eigenvalue weighted by Gasteiger charge is 2.18. The van der Waals surface area contributed by atoms with Gasteiger partial charge in [-0.3, -0.25) is 15.0 Å². The Bertz CT molecular complexity index is 446. The fraction of sp³-hybridized carbons (Fsp3) is 0.385. The molecule has 0 fully saturated rings. The number of alkyl halides is 1. The van der Waals surface area contributed by atoms with E-state index in [1.807, 2.05) is 38.1 Å². The zero-order chi connectivity index (χ0) is 13.7. The first kappa shape index (κ1) is 14.5. The molecule has 1 rings (SSSR count). The van der Waals surface area contributed by atoms with Gasteiger partial charge >= 0.3 is 6.03 Å². The van der Waals surface area contributed by atoms with E-state index >= 15 is 0 Å². The molecule has 0 aliphatic carbocycles. The second kappa shape index (κ2) is 6.40. The Hall–Kier alpha value is -1.55. The van der Waals surface area contributed by atoms with E-state index in [4.69, 9.17) is 11.6 Å². The van der Waals surface area contributed by atoms with Crippen molar-refractivity contribution in [3.05, 3.63) is 29.8 Å². The molecule has 98 valence electrons. The number of benzene rings is 1. The summed E-state index contributed by atoms with van der Waals surface area (Å²) in [5.74, 6) is -0.493. The fourth-order valence-corrected chi connectivity index (χ4v) is 1.57. The van der Waals surface area contributed by atoms with Crippen molar-refractivity contribution in [1.29, 1.82) is 0 Å². The SMILES string of the molecule is CCN(C(=O)NC(=O)C(C)Cl)c1cccc(C)c1. The van der Waals surface area contributed by atoms with Crippen LogP contribution in [0.2, 0.25) is 0 Å². The van der Waals surface area contributed by atoms with Crippen molar-refractivity contribution < 1.29 is 9.59 Å². The molecule has 0 bridgehead atoms. The van der Waals surface area contributed by atoms with Crippen LogP contribution < -0.4 is 10.2 Å². The van der Waals surface area contributed by atoms with Crippen molar-refractivity contribution in [2.75, 3.05) is 11.4 Å². The summed E-state index contributed by atoms with van der Waals surface area (Å²) in [6, 6.07) is 7.07. The van der Waals surface area contributed by atoms with Gasteiger partial charge in [0.15, 0.2) is 0 Å². The zero-order valence-corrected chi connectivity index (χ0v) is 11.5. The van der Waals surface area contributed by atoms with E-state index in [9.17, 15) is 9.59 Å². The van der Waals surface area contributed by atoms with Gasteiger partial charge in [-0.15, -0.1) is 11.6 Å². The van der Waals surface area contributed by atoms with Gasteiger partial charge in [0.2, 0.25) is 5.91 Å². The van der Waals surface area contributed by atoms with Gasteiger partial charge in [-0.25, -0.2) is 4.79 Å². The number of aryl methyl sites for hydroxylation is 1. The number of hydrogen-bond donors (Lipinski definition) is 1. The third-order valence-electron chi connectivity index (χ3n) is 2.47. The van der Waals surface area contributed by atoms with Gasteiger partial charge in [0.1, 0.15) is 5.38 Å². The maximum absolute atomic E-state index is 11.9. The quantitative estimate of drug-likeness (QED) is 0.857. The maximum atomic E-state index is 11.9. The van der Waals surface area contributed by atoms with Crippen molar-refractivity contribution >= 4 is 29.2 Å².